The van der Waals surface area contributed by atoms with Gasteiger partial charge >= 0.3 is 6.03 Å². The number of aliphatic hydroxyl groups is 1. The van der Waals surface area contributed by atoms with Gasteiger partial charge in [0.2, 0.25) is 0 Å². The van der Waals surface area contributed by atoms with Gasteiger partial charge in [-0.25, -0.2) is 4.79 Å². The van der Waals surface area contributed by atoms with Gasteiger partial charge in [0.1, 0.15) is 0 Å². The number of Topliss-reactive ketones (excluding diaryl/α,β-unsaturated/α-hetero) is 1. The number of rotatable bonds is 6. The number of carbonyl (C=O) groups excluding carboxylic acids is 2. The lowest BCUT2D eigenvalue weighted by molar-refractivity contribution is 0.0354. The largest absolute Gasteiger partial charge is 0.388 e. The van der Waals surface area contributed by atoms with Crippen LogP contribution in [0.15, 0.2) is 24.3 Å². The third-order valence-electron chi connectivity index (χ3n) is 3.44. The van der Waals surface area contributed by atoms with Gasteiger partial charge in [0.05, 0.1) is 5.60 Å². The maximum absolute atomic E-state index is 11.7. The van der Waals surface area contributed by atoms with Gasteiger partial charge in [0, 0.05) is 17.8 Å². The summed E-state index contributed by atoms with van der Waals surface area (Å²) in [5.74, 6) is -0.0167. The van der Waals surface area contributed by atoms with Gasteiger partial charge in [-0.3, -0.25) is 4.79 Å². The van der Waals surface area contributed by atoms with Crippen LogP contribution in [-0.4, -0.2) is 29.1 Å². The zero-order valence-electron chi connectivity index (χ0n) is 12.2. The first-order valence-corrected chi connectivity index (χ1v) is 6.78. The number of urea groups is 1. The van der Waals surface area contributed by atoms with E-state index in [4.69, 9.17) is 0 Å². The number of anilines is 1. The Labute approximate surface area is 119 Å². The Morgan fingerprint density at radius 1 is 1.15 bits per heavy atom. The maximum Gasteiger partial charge on any atom is 0.319 e. The summed E-state index contributed by atoms with van der Waals surface area (Å²) < 4.78 is 0. The summed E-state index contributed by atoms with van der Waals surface area (Å²) in [6.45, 7) is 5.45. The van der Waals surface area contributed by atoms with E-state index < -0.39 is 5.60 Å². The number of nitrogens with one attached hydrogen (secondary N) is 2. The van der Waals surface area contributed by atoms with Crippen molar-refractivity contribution >= 4 is 17.5 Å². The Kier molecular flexibility index (Phi) is 5.70. The second-order valence-corrected chi connectivity index (χ2v) is 4.87. The van der Waals surface area contributed by atoms with Crippen LogP contribution in [0.4, 0.5) is 10.5 Å². The number of amides is 2. The van der Waals surface area contributed by atoms with Gasteiger partial charge < -0.3 is 15.7 Å². The second-order valence-electron chi connectivity index (χ2n) is 4.87. The molecule has 0 bridgehead atoms. The average molecular weight is 278 g/mol. The van der Waals surface area contributed by atoms with Gasteiger partial charge in [-0.15, -0.1) is 0 Å². The number of hydrogen-bond donors (Lipinski definition) is 3. The zero-order chi connectivity index (χ0) is 15.2. The molecule has 3 N–H and O–H groups in total. The molecule has 2 amide bonds. The molecule has 0 radical (unpaired) electrons. The summed E-state index contributed by atoms with van der Waals surface area (Å²) >= 11 is 0. The molecule has 0 atom stereocenters. The SMILES string of the molecule is CCC(O)(CC)CNC(=O)Nc1ccc(C(C)=O)cc1. The number of ketones is 1. The standard InChI is InChI=1S/C15H22N2O3/c1-4-15(20,5-2)10-16-14(19)17-13-8-6-12(7-9-13)11(3)18/h6-9,20H,4-5,10H2,1-3H3,(H2,16,17,19). The van der Waals surface area contributed by atoms with E-state index in [1.807, 2.05) is 13.8 Å². The molecule has 0 heterocycles. The van der Waals surface area contributed by atoms with Crippen LogP contribution in [0.1, 0.15) is 44.0 Å². The zero-order valence-corrected chi connectivity index (χ0v) is 12.2. The van der Waals surface area contributed by atoms with E-state index in [2.05, 4.69) is 10.6 Å². The Morgan fingerprint density at radius 2 is 1.70 bits per heavy atom. The molecule has 110 valence electrons. The van der Waals surface area contributed by atoms with Crippen molar-refractivity contribution in [2.75, 3.05) is 11.9 Å². The Balaban J connectivity index is 2.52. The van der Waals surface area contributed by atoms with Crippen LogP contribution in [0.5, 0.6) is 0 Å². The molecule has 0 saturated carbocycles. The third kappa shape index (κ3) is 4.66. The smallest absolute Gasteiger partial charge is 0.319 e. The van der Waals surface area contributed by atoms with E-state index in [0.717, 1.165) is 0 Å². The summed E-state index contributed by atoms with van der Waals surface area (Å²) in [7, 11) is 0. The molecule has 0 unspecified atom stereocenters. The highest BCUT2D eigenvalue weighted by molar-refractivity contribution is 5.95. The van der Waals surface area contributed by atoms with E-state index in [-0.39, 0.29) is 18.4 Å². The molecule has 0 spiro atoms. The van der Waals surface area contributed by atoms with Crippen molar-refractivity contribution in [3.8, 4) is 0 Å². The lowest BCUT2D eigenvalue weighted by Crippen LogP contribution is -2.43. The summed E-state index contributed by atoms with van der Waals surface area (Å²) in [4.78, 5) is 22.8. The molecular weight excluding hydrogens is 256 g/mol. The van der Waals surface area contributed by atoms with Crippen molar-refractivity contribution in [1.29, 1.82) is 0 Å². The summed E-state index contributed by atoms with van der Waals surface area (Å²) in [5.41, 5.74) is 0.335. The maximum atomic E-state index is 11.7. The fraction of sp³-hybridized carbons (Fsp3) is 0.467. The highest BCUT2D eigenvalue weighted by Gasteiger charge is 2.22. The Bertz CT molecular complexity index is 465. The molecule has 1 rings (SSSR count). The first kappa shape index (κ1) is 16.2. The quantitative estimate of drug-likeness (QED) is 0.700. The van der Waals surface area contributed by atoms with Crippen molar-refractivity contribution in [1.82, 2.24) is 5.32 Å². The normalized spacial score (nSPS) is 11.0. The molecular formula is C15H22N2O3. The van der Waals surface area contributed by atoms with Crippen LogP contribution in [0.25, 0.3) is 0 Å². The third-order valence-corrected chi connectivity index (χ3v) is 3.44. The molecule has 0 aliphatic heterocycles. The predicted octanol–water partition coefficient (Wildman–Crippen LogP) is 2.56. The molecule has 0 aromatic heterocycles. The van der Waals surface area contributed by atoms with Crippen LogP contribution in [0.2, 0.25) is 0 Å². The molecule has 5 nitrogen and oxygen atoms in total. The van der Waals surface area contributed by atoms with Gasteiger partial charge in [-0.05, 0) is 44.0 Å². The van der Waals surface area contributed by atoms with Gasteiger partial charge in [-0.2, -0.15) is 0 Å². The predicted molar refractivity (Wildman–Crippen MR) is 79.0 cm³/mol. The lowest BCUT2D eigenvalue weighted by Gasteiger charge is -2.25. The molecule has 0 fully saturated rings. The van der Waals surface area contributed by atoms with Crippen molar-refractivity contribution in [3.05, 3.63) is 29.8 Å². The van der Waals surface area contributed by atoms with Crippen molar-refractivity contribution in [3.63, 3.8) is 0 Å². The summed E-state index contributed by atoms with van der Waals surface area (Å²) in [6.07, 6.45) is 1.16. The monoisotopic (exact) mass is 278 g/mol. The van der Waals surface area contributed by atoms with Gasteiger partial charge in [-0.1, -0.05) is 13.8 Å². The fourth-order valence-corrected chi connectivity index (χ4v) is 1.71. The minimum Gasteiger partial charge on any atom is -0.388 e. The molecule has 5 heteroatoms. The van der Waals surface area contributed by atoms with E-state index >= 15 is 0 Å². The molecule has 1 aromatic carbocycles. The number of hydrogen-bond acceptors (Lipinski definition) is 3. The minimum absolute atomic E-state index is 0.0167. The highest BCUT2D eigenvalue weighted by Crippen LogP contribution is 2.13. The molecule has 1 aromatic rings. The number of benzene rings is 1. The minimum atomic E-state index is -0.865. The molecule has 20 heavy (non-hydrogen) atoms. The summed E-state index contributed by atoms with van der Waals surface area (Å²) in [6, 6.07) is 6.28. The second kappa shape index (κ2) is 7.05. The Morgan fingerprint density at radius 3 is 2.15 bits per heavy atom. The molecule has 0 aliphatic carbocycles. The van der Waals surface area contributed by atoms with Crippen LogP contribution in [0, 0.1) is 0 Å². The van der Waals surface area contributed by atoms with Crippen molar-refractivity contribution < 1.29 is 14.7 Å². The van der Waals surface area contributed by atoms with E-state index in [1.165, 1.54) is 6.92 Å². The topological polar surface area (TPSA) is 78.4 Å². The number of carbonyl (C=O) groups is 2. The first-order valence-electron chi connectivity index (χ1n) is 6.78. The lowest BCUT2D eigenvalue weighted by atomic mass is 9.98. The van der Waals surface area contributed by atoms with Crippen LogP contribution in [0.3, 0.4) is 0 Å². The van der Waals surface area contributed by atoms with E-state index in [0.29, 0.717) is 24.1 Å². The molecule has 0 saturated heterocycles. The molecule has 0 aliphatic rings. The van der Waals surface area contributed by atoms with Crippen LogP contribution < -0.4 is 10.6 Å². The fourth-order valence-electron chi connectivity index (χ4n) is 1.71. The Hall–Kier alpha value is -1.88. The average Bonchev–Trinajstić information content (AvgIpc) is 2.45. The van der Waals surface area contributed by atoms with E-state index in [9.17, 15) is 14.7 Å². The van der Waals surface area contributed by atoms with Crippen LogP contribution in [-0.2, 0) is 0 Å². The first-order chi connectivity index (χ1) is 9.40. The summed E-state index contributed by atoms with van der Waals surface area (Å²) in [5, 5.41) is 15.4. The van der Waals surface area contributed by atoms with Crippen molar-refractivity contribution in [2.24, 2.45) is 0 Å². The van der Waals surface area contributed by atoms with Crippen LogP contribution >= 0.6 is 0 Å². The van der Waals surface area contributed by atoms with Gasteiger partial charge in [0.25, 0.3) is 0 Å². The van der Waals surface area contributed by atoms with Crippen molar-refractivity contribution in [2.45, 2.75) is 39.2 Å². The highest BCUT2D eigenvalue weighted by atomic mass is 16.3. The van der Waals surface area contributed by atoms with Gasteiger partial charge in [0.15, 0.2) is 5.78 Å². The van der Waals surface area contributed by atoms with E-state index in [1.54, 1.807) is 24.3 Å².